The topological polar surface area (TPSA) is 31.4 Å². The Labute approximate surface area is 77.7 Å². The largest absolute Gasteiger partial charge is 0.481 e. The average Bonchev–Trinajstić information content (AvgIpc) is 2.42. The summed E-state index contributed by atoms with van der Waals surface area (Å²) in [5.41, 5.74) is 1.24. The van der Waals surface area contributed by atoms with Gasteiger partial charge < -0.3 is 9.47 Å². The zero-order valence-electron chi connectivity index (χ0n) is 8.13. The molecule has 0 bridgehead atoms. The van der Waals surface area contributed by atoms with Gasteiger partial charge in [0, 0.05) is 17.0 Å². The zero-order chi connectivity index (χ0) is 9.47. The van der Waals surface area contributed by atoms with Crippen molar-refractivity contribution in [3.63, 3.8) is 0 Å². The summed E-state index contributed by atoms with van der Waals surface area (Å²) in [7, 11) is 1.61. The maximum Gasteiger partial charge on any atom is 0.220 e. The molecule has 1 aliphatic heterocycles. The average molecular weight is 179 g/mol. The molecule has 0 atom stereocenters. The highest BCUT2D eigenvalue weighted by atomic mass is 16.5. The van der Waals surface area contributed by atoms with Crippen LogP contribution in [0.15, 0.2) is 12.1 Å². The summed E-state index contributed by atoms with van der Waals surface area (Å²) in [5.74, 6) is 1.32. The van der Waals surface area contributed by atoms with Crippen molar-refractivity contribution >= 4 is 0 Å². The van der Waals surface area contributed by atoms with Crippen molar-refractivity contribution in [1.29, 1.82) is 0 Å². The van der Waals surface area contributed by atoms with Crippen LogP contribution < -0.4 is 9.47 Å². The molecule has 70 valence electrons. The molecule has 3 heteroatoms. The number of ether oxygens (including phenoxy) is 2. The van der Waals surface area contributed by atoms with Gasteiger partial charge in [-0.2, -0.15) is 4.98 Å². The Bertz CT molecular complexity index is 334. The number of nitrogens with zero attached hydrogens (tertiary/aromatic N) is 1. The molecule has 1 aromatic heterocycles. The van der Waals surface area contributed by atoms with Crippen LogP contribution >= 0.6 is 0 Å². The fraction of sp³-hybridized carbons (Fsp3) is 0.500. The van der Waals surface area contributed by atoms with E-state index in [1.165, 1.54) is 0 Å². The summed E-state index contributed by atoms with van der Waals surface area (Å²) in [6.45, 7) is 4.99. The molecule has 3 nitrogen and oxygen atoms in total. The highest BCUT2D eigenvalue weighted by Crippen LogP contribution is 2.37. The Hall–Kier alpha value is -1.25. The molecule has 0 N–H and O–H groups in total. The first-order valence-corrected chi connectivity index (χ1v) is 4.32. The summed E-state index contributed by atoms with van der Waals surface area (Å²) in [6, 6.07) is 3.89. The number of fused-ring (bicyclic) bond motifs is 1. The first-order valence-electron chi connectivity index (χ1n) is 4.32. The van der Waals surface area contributed by atoms with Crippen molar-refractivity contribution in [1.82, 2.24) is 4.98 Å². The first kappa shape index (κ1) is 8.35. The molecule has 0 saturated carbocycles. The van der Waals surface area contributed by atoms with Crippen LogP contribution in [0, 0.1) is 0 Å². The van der Waals surface area contributed by atoms with E-state index in [4.69, 9.17) is 9.47 Å². The van der Waals surface area contributed by atoms with E-state index >= 15 is 0 Å². The number of pyridine rings is 1. The van der Waals surface area contributed by atoms with Crippen molar-refractivity contribution in [3.05, 3.63) is 17.7 Å². The molecular formula is C10H13NO2. The fourth-order valence-electron chi connectivity index (χ4n) is 1.49. The number of methoxy groups -OCH3 is 1. The Balaban J connectivity index is 2.46. The van der Waals surface area contributed by atoms with Gasteiger partial charge in [-0.05, 0) is 6.07 Å². The molecule has 0 aromatic carbocycles. The van der Waals surface area contributed by atoms with E-state index in [9.17, 15) is 0 Å². The van der Waals surface area contributed by atoms with Crippen LogP contribution in [0.3, 0.4) is 0 Å². The third kappa shape index (κ3) is 1.24. The molecular weight excluding hydrogens is 166 g/mol. The maximum atomic E-state index is 5.47. The van der Waals surface area contributed by atoms with Gasteiger partial charge in [0.15, 0.2) is 0 Å². The van der Waals surface area contributed by atoms with Crippen LogP contribution in [0.2, 0.25) is 0 Å². The Kier molecular flexibility index (Phi) is 1.68. The van der Waals surface area contributed by atoms with Crippen LogP contribution in [0.25, 0.3) is 0 Å². The van der Waals surface area contributed by atoms with Crippen molar-refractivity contribution in [2.45, 2.75) is 19.3 Å². The molecule has 1 aliphatic rings. The summed E-state index contributed by atoms with van der Waals surface area (Å²) in [4.78, 5) is 4.22. The molecule has 1 aromatic rings. The summed E-state index contributed by atoms with van der Waals surface area (Å²) < 4.78 is 10.5. The monoisotopic (exact) mass is 179 g/mol. The van der Waals surface area contributed by atoms with E-state index < -0.39 is 0 Å². The normalized spacial score (nSPS) is 17.8. The summed E-state index contributed by atoms with van der Waals surface area (Å²) >= 11 is 0. The van der Waals surface area contributed by atoms with E-state index in [-0.39, 0.29) is 5.41 Å². The predicted octanol–water partition coefficient (Wildman–Crippen LogP) is 1.76. The molecule has 13 heavy (non-hydrogen) atoms. The number of hydrogen-bond acceptors (Lipinski definition) is 3. The van der Waals surface area contributed by atoms with Crippen molar-refractivity contribution in [2.24, 2.45) is 0 Å². The molecule has 0 fully saturated rings. The van der Waals surface area contributed by atoms with E-state index in [1.807, 2.05) is 12.1 Å². The Morgan fingerprint density at radius 1 is 1.46 bits per heavy atom. The van der Waals surface area contributed by atoms with E-state index in [2.05, 4.69) is 18.8 Å². The highest BCUT2D eigenvalue weighted by molar-refractivity contribution is 5.39. The third-order valence-corrected chi connectivity index (χ3v) is 2.34. The second-order valence-corrected chi connectivity index (χ2v) is 3.88. The van der Waals surface area contributed by atoms with Crippen molar-refractivity contribution < 1.29 is 9.47 Å². The first-order chi connectivity index (χ1) is 6.13. The van der Waals surface area contributed by atoms with Gasteiger partial charge in [0.1, 0.15) is 0 Å². The standard InChI is InChI=1S/C10H13NO2/c1-10(2)6-13-9-7(10)4-5-8(11-9)12-3/h4-5H,6H2,1-3H3. The van der Waals surface area contributed by atoms with E-state index in [0.29, 0.717) is 18.4 Å². The molecule has 0 aliphatic carbocycles. The lowest BCUT2D eigenvalue weighted by Gasteiger charge is -2.14. The number of aromatic nitrogens is 1. The maximum absolute atomic E-state index is 5.47. The SMILES string of the molecule is COc1ccc2c(n1)OCC2(C)C. The fourth-order valence-corrected chi connectivity index (χ4v) is 1.49. The van der Waals surface area contributed by atoms with Gasteiger partial charge in [0.05, 0.1) is 13.7 Å². The molecule has 0 saturated heterocycles. The van der Waals surface area contributed by atoms with Gasteiger partial charge in [-0.1, -0.05) is 13.8 Å². The van der Waals surface area contributed by atoms with Gasteiger partial charge in [0.25, 0.3) is 0 Å². The van der Waals surface area contributed by atoms with Gasteiger partial charge in [-0.3, -0.25) is 0 Å². The quantitative estimate of drug-likeness (QED) is 0.658. The van der Waals surface area contributed by atoms with Crippen molar-refractivity contribution in [3.8, 4) is 11.8 Å². The predicted molar refractivity (Wildman–Crippen MR) is 49.3 cm³/mol. The Morgan fingerprint density at radius 2 is 2.23 bits per heavy atom. The minimum Gasteiger partial charge on any atom is -0.481 e. The lowest BCUT2D eigenvalue weighted by Crippen LogP contribution is -2.18. The van der Waals surface area contributed by atoms with Crippen molar-refractivity contribution in [2.75, 3.05) is 13.7 Å². The van der Waals surface area contributed by atoms with Crippen LogP contribution in [0.1, 0.15) is 19.4 Å². The van der Waals surface area contributed by atoms with Gasteiger partial charge in [0.2, 0.25) is 11.8 Å². The summed E-state index contributed by atoms with van der Waals surface area (Å²) in [5, 5.41) is 0. The van der Waals surface area contributed by atoms with Crippen LogP contribution in [0.5, 0.6) is 11.8 Å². The molecule has 0 spiro atoms. The smallest absolute Gasteiger partial charge is 0.220 e. The number of rotatable bonds is 1. The highest BCUT2D eigenvalue weighted by Gasteiger charge is 2.32. The molecule has 0 amide bonds. The van der Waals surface area contributed by atoms with Crippen LogP contribution in [0.4, 0.5) is 0 Å². The lowest BCUT2D eigenvalue weighted by atomic mass is 9.88. The minimum absolute atomic E-state index is 0.0780. The summed E-state index contributed by atoms with van der Waals surface area (Å²) in [6.07, 6.45) is 0. The molecule has 2 rings (SSSR count). The van der Waals surface area contributed by atoms with Gasteiger partial charge in [-0.15, -0.1) is 0 Å². The van der Waals surface area contributed by atoms with E-state index in [1.54, 1.807) is 7.11 Å². The molecule has 0 unspecified atom stereocenters. The number of hydrogen-bond donors (Lipinski definition) is 0. The Morgan fingerprint density at radius 3 is 2.92 bits per heavy atom. The second-order valence-electron chi connectivity index (χ2n) is 3.88. The second kappa shape index (κ2) is 2.62. The zero-order valence-corrected chi connectivity index (χ0v) is 8.13. The minimum atomic E-state index is 0.0780. The molecule has 0 radical (unpaired) electrons. The van der Waals surface area contributed by atoms with Crippen LogP contribution in [-0.2, 0) is 5.41 Å². The third-order valence-electron chi connectivity index (χ3n) is 2.34. The van der Waals surface area contributed by atoms with E-state index in [0.717, 1.165) is 5.56 Å². The van der Waals surface area contributed by atoms with Crippen LogP contribution in [-0.4, -0.2) is 18.7 Å². The van der Waals surface area contributed by atoms with Gasteiger partial charge in [-0.25, -0.2) is 0 Å². The lowest BCUT2D eigenvalue weighted by molar-refractivity contribution is 0.281. The van der Waals surface area contributed by atoms with Gasteiger partial charge >= 0.3 is 0 Å². The molecule has 2 heterocycles.